The molecule has 0 aliphatic carbocycles. The Bertz CT molecular complexity index is 603. The van der Waals surface area contributed by atoms with Crippen LogP contribution in [0.5, 0.6) is 11.5 Å². The molecule has 2 unspecified atom stereocenters. The molecule has 1 heterocycles. The number of esters is 2. The second kappa shape index (κ2) is 5.45. The molecule has 21 heavy (non-hydrogen) atoms. The van der Waals surface area contributed by atoms with Crippen molar-refractivity contribution in [2.75, 3.05) is 6.61 Å². The minimum atomic E-state index is -1.86. The minimum absolute atomic E-state index is 0.203. The van der Waals surface area contributed by atoms with E-state index in [9.17, 15) is 19.8 Å². The first-order chi connectivity index (χ1) is 9.80. The van der Waals surface area contributed by atoms with Crippen LogP contribution in [-0.2, 0) is 19.1 Å². The normalized spacial score (nSPS) is 25.0. The lowest BCUT2D eigenvalue weighted by Gasteiger charge is -2.19. The van der Waals surface area contributed by atoms with Crippen molar-refractivity contribution in [3.8, 4) is 11.5 Å². The number of rotatable bonds is 3. The third-order valence-corrected chi connectivity index (χ3v) is 3.08. The van der Waals surface area contributed by atoms with Gasteiger partial charge >= 0.3 is 11.9 Å². The van der Waals surface area contributed by atoms with Crippen molar-refractivity contribution < 1.29 is 34.4 Å². The van der Waals surface area contributed by atoms with Crippen LogP contribution in [0.15, 0.2) is 24.3 Å². The molecular weight excluding hydrogens is 280 g/mol. The van der Waals surface area contributed by atoms with E-state index < -0.39 is 23.6 Å². The Morgan fingerprint density at radius 2 is 2.14 bits per heavy atom. The maximum absolute atomic E-state index is 11.6. The molecule has 112 valence electrons. The summed E-state index contributed by atoms with van der Waals surface area (Å²) in [6, 6.07) is 4.02. The van der Waals surface area contributed by atoms with Crippen LogP contribution < -0.4 is 0 Å². The van der Waals surface area contributed by atoms with Crippen molar-refractivity contribution in [1.29, 1.82) is 0 Å². The summed E-state index contributed by atoms with van der Waals surface area (Å²) in [6.07, 6.45) is 1.36. The molecule has 2 rings (SSSR count). The Morgan fingerprint density at radius 3 is 2.71 bits per heavy atom. The van der Waals surface area contributed by atoms with Crippen LogP contribution in [0.1, 0.15) is 12.5 Å². The molecule has 1 aliphatic rings. The molecule has 3 N–H and O–H groups in total. The number of hydrogen-bond acceptors (Lipinski definition) is 7. The standard InChI is InChI=1S/C14H14O7/c1-14(19)11(7-20-13(14)18)21-12(17)5-3-8-2-4-9(15)10(16)6-8/h2-6,11,15-16,19H,7H2,1H3. The third-order valence-electron chi connectivity index (χ3n) is 3.08. The Hall–Kier alpha value is -2.54. The summed E-state index contributed by atoms with van der Waals surface area (Å²) in [5.41, 5.74) is -1.40. The number of hydrogen-bond donors (Lipinski definition) is 3. The van der Waals surface area contributed by atoms with Crippen molar-refractivity contribution in [1.82, 2.24) is 0 Å². The van der Waals surface area contributed by atoms with Crippen LogP contribution >= 0.6 is 0 Å². The number of phenols is 2. The van der Waals surface area contributed by atoms with Crippen LogP contribution in [-0.4, -0.2) is 45.6 Å². The Morgan fingerprint density at radius 1 is 1.43 bits per heavy atom. The number of ether oxygens (including phenoxy) is 2. The number of carbonyl (C=O) groups is 2. The molecule has 2 atom stereocenters. The zero-order valence-electron chi connectivity index (χ0n) is 11.1. The van der Waals surface area contributed by atoms with Crippen molar-refractivity contribution in [3.63, 3.8) is 0 Å². The summed E-state index contributed by atoms with van der Waals surface area (Å²) in [4.78, 5) is 22.8. The SMILES string of the molecule is CC1(O)C(=O)OCC1OC(=O)C=Cc1ccc(O)c(O)c1. The predicted octanol–water partition coefficient (Wildman–Crippen LogP) is 0.331. The van der Waals surface area contributed by atoms with E-state index in [1.54, 1.807) is 0 Å². The molecule has 1 aliphatic heterocycles. The Labute approximate surface area is 120 Å². The Kier molecular flexibility index (Phi) is 3.86. The van der Waals surface area contributed by atoms with E-state index in [4.69, 9.17) is 9.84 Å². The highest BCUT2D eigenvalue weighted by Crippen LogP contribution is 2.26. The van der Waals surface area contributed by atoms with E-state index in [1.807, 2.05) is 0 Å². The first-order valence-corrected chi connectivity index (χ1v) is 6.11. The maximum Gasteiger partial charge on any atom is 0.342 e. The monoisotopic (exact) mass is 294 g/mol. The molecule has 7 heteroatoms. The van der Waals surface area contributed by atoms with Crippen LogP contribution in [0.4, 0.5) is 0 Å². The molecule has 0 aromatic heterocycles. The highest BCUT2D eigenvalue weighted by molar-refractivity contribution is 5.88. The molecule has 0 spiro atoms. The number of carbonyl (C=O) groups excluding carboxylic acids is 2. The van der Waals surface area contributed by atoms with Gasteiger partial charge in [-0.15, -0.1) is 0 Å². The van der Waals surface area contributed by atoms with Gasteiger partial charge in [0, 0.05) is 6.08 Å². The number of phenolic OH excluding ortho intramolecular Hbond substituents is 2. The molecule has 1 aromatic carbocycles. The summed E-state index contributed by atoms with van der Waals surface area (Å²) < 4.78 is 9.56. The topological polar surface area (TPSA) is 113 Å². The first kappa shape index (κ1) is 14.9. The molecule has 1 aromatic rings. The van der Waals surface area contributed by atoms with Crippen molar-refractivity contribution >= 4 is 18.0 Å². The van der Waals surface area contributed by atoms with E-state index in [1.165, 1.54) is 31.2 Å². The van der Waals surface area contributed by atoms with Gasteiger partial charge in [-0.3, -0.25) is 0 Å². The molecule has 0 radical (unpaired) electrons. The number of benzene rings is 1. The largest absolute Gasteiger partial charge is 0.504 e. The lowest BCUT2D eigenvalue weighted by atomic mass is 10.0. The fourth-order valence-corrected chi connectivity index (χ4v) is 1.73. The first-order valence-electron chi connectivity index (χ1n) is 6.11. The summed E-state index contributed by atoms with van der Waals surface area (Å²) in [6.45, 7) is 1.01. The number of aliphatic hydroxyl groups is 1. The zero-order chi connectivity index (χ0) is 15.6. The fourth-order valence-electron chi connectivity index (χ4n) is 1.73. The molecule has 0 bridgehead atoms. The Balaban J connectivity index is 2.00. The minimum Gasteiger partial charge on any atom is -0.504 e. The zero-order valence-corrected chi connectivity index (χ0v) is 11.1. The number of aromatic hydroxyl groups is 2. The lowest BCUT2D eigenvalue weighted by molar-refractivity contribution is -0.160. The van der Waals surface area contributed by atoms with Gasteiger partial charge in [0.05, 0.1) is 0 Å². The van der Waals surface area contributed by atoms with Gasteiger partial charge < -0.3 is 24.8 Å². The van der Waals surface area contributed by atoms with Gasteiger partial charge in [-0.2, -0.15) is 0 Å². The van der Waals surface area contributed by atoms with Crippen molar-refractivity contribution in [3.05, 3.63) is 29.8 Å². The molecule has 7 nitrogen and oxygen atoms in total. The molecule has 0 amide bonds. The van der Waals surface area contributed by atoms with Crippen molar-refractivity contribution in [2.24, 2.45) is 0 Å². The second-order valence-corrected chi connectivity index (χ2v) is 4.75. The van der Waals surface area contributed by atoms with Gasteiger partial charge in [-0.1, -0.05) is 6.07 Å². The molecule has 1 fully saturated rings. The summed E-state index contributed by atoms with van der Waals surface area (Å²) in [5, 5.41) is 28.2. The van der Waals surface area contributed by atoms with E-state index in [2.05, 4.69) is 4.74 Å². The smallest absolute Gasteiger partial charge is 0.342 e. The fraction of sp³-hybridized carbons (Fsp3) is 0.286. The molecule has 1 saturated heterocycles. The maximum atomic E-state index is 11.6. The third kappa shape index (κ3) is 3.14. The van der Waals surface area contributed by atoms with Gasteiger partial charge in [-0.25, -0.2) is 9.59 Å². The van der Waals surface area contributed by atoms with Gasteiger partial charge in [0.25, 0.3) is 0 Å². The van der Waals surface area contributed by atoms with Gasteiger partial charge in [0.1, 0.15) is 6.61 Å². The average Bonchev–Trinajstić information content (AvgIpc) is 2.67. The number of cyclic esters (lactones) is 1. The van der Waals surface area contributed by atoms with Crippen LogP contribution in [0.3, 0.4) is 0 Å². The van der Waals surface area contributed by atoms with E-state index >= 15 is 0 Å². The van der Waals surface area contributed by atoms with Crippen LogP contribution in [0.2, 0.25) is 0 Å². The van der Waals surface area contributed by atoms with Crippen LogP contribution in [0, 0.1) is 0 Å². The van der Waals surface area contributed by atoms with Gasteiger partial charge in [0.2, 0.25) is 0 Å². The predicted molar refractivity (Wildman–Crippen MR) is 70.3 cm³/mol. The highest BCUT2D eigenvalue weighted by Gasteiger charge is 2.49. The summed E-state index contributed by atoms with van der Waals surface area (Å²) in [7, 11) is 0. The van der Waals surface area contributed by atoms with Gasteiger partial charge in [0.15, 0.2) is 23.2 Å². The highest BCUT2D eigenvalue weighted by atomic mass is 16.6. The van der Waals surface area contributed by atoms with Gasteiger partial charge in [-0.05, 0) is 30.7 Å². The lowest BCUT2D eigenvalue weighted by Crippen LogP contribution is -2.43. The van der Waals surface area contributed by atoms with E-state index in [-0.39, 0.29) is 18.1 Å². The van der Waals surface area contributed by atoms with Crippen molar-refractivity contribution in [2.45, 2.75) is 18.6 Å². The van der Waals surface area contributed by atoms with Crippen LogP contribution in [0.25, 0.3) is 6.08 Å². The summed E-state index contributed by atoms with van der Waals surface area (Å²) >= 11 is 0. The summed E-state index contributed by atoms with van der Waals surface area (Å²) in [5.74, 6) is -2.20. The molecular formula is C14H14O7. The van der Waals surface area contributed by atoms with E-state index in [0.29, 0.717) is 5.56 Å². The second-order valence-electron chi connectivity index (χ2n) is 4.75. The molecule has 0 saturated carbocycles. The van der Waals surface area contributed by atoms with E-state index in [0.717, 1.165) is 6.08 Å². The average molecular weight is 294 g/mol. The quantitative estimate of drug-likeness (QED) is 0.418.